The van der Waals surface area contributed by atoms with Crippen LogP contribution in [0, 0.1) is 0 Å². The molecule has 27 heavy (non-hydrogen) atoms. The quantitative estimate of drug-likeness (QED) is 0.812. The number of benzene rings is 1. The van der Waals surface area contributed by atoms with Gasteiger partial charge >= 0.3 is 0 Å². The van der Waals surface area contributed by atoms with Crippen molar-refractivity contribution < 1.29 is 14.3 Å². The van der Waals surface area contributed by atoms with Gasteiger partial charge in [-0.05, 0) is 36.6 Å². The monoisotopic (exact) mass is 369 g/mol. The van der Waals surface area contributed by atoms with Crippen molar-refractivity contribution in [2.24, 2.45) is 0 Å². The van der Waals surface area contributed by atoms with Gasteiger partial charge in [0.1, 0.15) is 5.82 Å². The van der Waals surface area contributed by atoms with Gasteiger partial charge in [0.05, 0.1) is 7.11 Å². The van der Waals surface area contributed by atoms with E-state index in [4.69, 9.17) is 9.47 Å². The fourth-order valence-corrected chi connectivity index (χ4v) is 3.14. The molecule has 0 atom stereocenters. The van der Waals surface area contributed by atoms with E-state index in [0.717, 1.165) is 24.5 Å². The Bertz CT molecular complexity index is 726. The summed E-state index contributed by atoms with van der Waals surface area (Å²) in [6.07, 6.45) is 6.90. The normalized spacial score (nSPS) is 14.3. The number of amides is 1. The molecule has 144 valence electrons. The molecule has 0 aliphatic carbocycles. The van der Waals surface area contributed by atoms with Crippen LogP contribution in [0.1, 0.15) is 31.2 Å². The molecule has 1 aliphatic heterocycles. The summed E-state index contributed by atoms with van der Waals surface area (Å²) in [5, 5.41) is 2.86. The minimum atomic E-state index is -0.183. The number of ether oxygens (including phenoxy) is 2. The third kappa shape index (κ3) is 5.61. The Labute approximate surface area is 160 Å². The summed E-state index contributed by atoms with van der Waals surface area (Å²) >= 11 is 0. The molecular weight excluding hydrogens is 342 g/mol. The van der Waals surface area contributed by atoms with Crippen molar-refractivity contribution in [3.63, 3.8) is 0 Å². The second-order valence-corrected chi connectivity index (χ2v) is 6.64. The van der Waals surface area contributed by atoms with Crippen LogP contribution in [0.2, 0.25) is 0 Å². The van der Waals surface area contributed by atoms with Gasteiger partial charge in [-0.1, -0.05) is 31.0 Å². The molecular formula is C21H27N3O3. The summed E-state index contributed by atoms with van der Waals surface area (Å²) in [4.78, 5) is 18.9. The summed E-state index contributed by atoms with van der Waals surface area (Å²) in [5.41, 5.74) is 0.971. The van der Waals surface area contributed by atoms with E-state index >= 15 is 0 Å². The lowest BCUT2D eigenvalue weighted by molar-refractivity contribution is -0.123. The number of anilines is 1. The van der Waals surface area contributed by atoms with E-state index in [1.807, 2.05) is 30.5 Å². The number of methoxy groups -OCH3 is 1. The van der Waals surface area contributed by atoms with Crippen LogP contribution in [0.5, 0.6) is 11.5 Å². The van der Waals surface area contributed by atoms with E-state index in [1.165, 1.54) is 25.7 Å². The molecule has 2 aromatic rings. The topological polar surface area (TPSA) is 63.7 Å². The first kappa shape index (κ1) is 19.0. The Morgan fingerprint density at radius 3 is 2.48 bits per heavy atom. The molecule has 0 spiro atoms. The highest BCUT2D eigenvalue weighted by Crippen LogP contribution is 2.25. The third-order valence-electron chi connectivity index (χ3n) is 4.66. The van der Waals surface area contributed by atoms with Crippen LogP contribution in [0.3, 0.4) is 0 Å². The van der Waals surface area contributed by atoms with E-state index in [-0.39, 0.29) is 12.5 Å². The number of para-hydroxylation sites is 2. The highest BCUT2D eigenvalue weighted by atomic mass is 16.5. The van der Waals surface area contributed by atoms with Crippen LogP contribution >= 0.6 is 0 Å². The van der Waals surface area contributed by atoms with Crippen LogP contribution in [0.4, 0.5) is 5.82 Å². The number of rotatable bonds is 7. The molecule has 2 heterocycles. The molecule has 1 N–H and O–H groups in total. The van der Waals surface area contributed by atoms with Crippen molar-refractivity contribution in [1.29, 1.82) is 0 Å². The molecule has 0 unspecified atom stereocenters. The lowest BCUT2D eigenvalue weighted by Gasteiger charge is -2.21. The molecule has 6 heteroatoms. The predicted octanol–water partition coefficient (Wildman–Crippen LogP) is 3.17. The average Bonchev–Trinajstić information content (AvgIpc) is 3.01. The maximum absolute atomic E-state index is 12.0. The van der Waals surface area contributed by atoms with Crippen LogP contribution < -0.4 is 19.7 Å². The van der Waals surface area contributed by atoms with E-state index in [1.54, 1.807) is 19.2 Å². The van der Waals surface area contributed by atoms with Gasteiger partial charge in [0.2, 0.25) is 0 Å². The van der Waals surface area contributed by atoms with Crippen molar-refractivity contribution in [3.05, 3.63) is 48.2 Å². The molecule has 1 aromatic carbocycles. The lowest BCUT2D eigenvalue weighted by atomic mass is 10.2. The number of carbonyl (C=O) groups excluding carboxylic acids is 1. The Kier molecular flexibility index (Phi) is 6.90. The van der Waals surface area contributed by atoms with Gasteiger partial charge in [0.25, 0.3) is 5.91 Å². The average molecular weight is 369 g/mol. The number of carbonyl (C=O) groups is 1. The Balaban J connectivity index is 1.46. The number of pyridine rings is 1. The number of nitrogens with zero attached hydrogens (tertiary/aromatic N) is 2. The lowest BCUT2D eigenvalue weighted by Crippen LogP contribution is -2.28. The standard InChI is InChI=1S/C21H27N3O3/c1-26-18-8-4-5-9-19(18)27-16-21(25)23-15-17-10-11-20(22-14-17)24-12-6-2-3-7-13-24/h4-5,8-11,14H,2-3,6-7,12-13,15-16H2,1H3,(H,23,25). The van der Waals surface area contributed by atoms with Crippen LogP contribution in [-0.4, -0.2) is 37.7 Å². The van der Waals surface area contributed by atoms with Crippen molar-refractivity contribution in [2.45, 2.75) is 32.2 Å². The number of hydrogen-bond donors (Lipinski definition) is 1. The number of nitrogens with one attached hydrogen (secondary N) is 1. The first-order valence-electron chi connectivity index (χ1n) is 9.48. The summed E-state index contributed by atoms with van der Waals surface area (Å²) in [6.45, 7) is 2.52. The Morgan fingerprint density at radius 2 is 1.81 bits per heavy atom. The van der Waals surface area contributed by atoms with Crippen LogP contribution in [0.25, 0.3) is 0 Å². The molecule has 3 rings (SSSR count). The Hall–Kier alpha value is -2.76. The first-order chi connectivity index (χ1) is 13.3. The highest BCUT2D eigenvalue weighted by molar-refractivity contribution is 5.77. The van der Waals surface area contributed by atoms with Crippen LogP contribution in [-0.2, 0) is 11.3 Å². The maximum Gasteiger partial charge on any atom is 0.258 e. The second-order valence-electron chi connectivity index (χ2n) is 6.64. The highest BCUT2D eigenvalue weighted by Gasteiger charge is 2.11. The zero-order valence-electron chi connectivity index (χ0n) is 15.8. The molecule has 1 aliphatic rings. The molecule has 1 amide bonds. The molecule has 0 radical (unpaired) electrons. The predicted molar refractivity (Wildman–Crippen MR) is 105 cm³/mol. The van der Waals surface area contributed by atoms with Crippen molar-refractivity contribution >= 4 is 11.7 Å². The van der Waals surface area contributed by atoms with Crippen LogP contribution in [0.15, 0.2) is 42.6 Å². The summed E-state index contributed by atoms with van der Waals surface area (Å²) in [5.74, 6) is 2.00. The largest absolute Gasteiger partial charge is 0.493 e. The SMILES string of the molecule is COc1ccccc1OCC(=O)NCc1ccc(N2CCCCCC2)nc1. The van der Waals surface area contributed by atoms with Crippen molar-refractivity contribution in [1.82, 2.24) is 10.3 Å². The summed E-state index contributed by atoms with van der Waals surface area (Å²) < 4.78 is 10.7. The zero-order chi connectivity index (χ0) is 18.9. The van der Waals surface area contributed by atoms with E-state index in [2.05, 4.69) is 15.2 Å². The first-order valence-corrected chi connectivity index (χ1v) is 9.48. The molecule has 6 nitrogen and oxygen atoms in total. The van der Waals surface area contributed by atoms with Gasteiger partial charge in [-0.3, -0.25) is 4.79 Å². The van der Waals surface area contributed by atoms with Gasteiger partial charge in [-0.15, -0.1) is 0 Å². The van der Waals surface area contributed by atoms with Gasteiger partial charge < -0.3 is 19.7 Å². The fourth-order valence-electron chi connectivity index (χ4n) is 3.14. The Morgan fingerprint density at radius 1 is 1.07 bits per heavy atom. The molecule has 1 fully saturated rings. The molecule has 1 saturated heterocycles. The summed E-state index contributed by atoms with van der Waals surface area (Å²) in [7, 11) is 1.57. The number of aromatic nitrogens is 1. The van der Waals surface area contributed by atoms with Gasteiger partial charge in [-0.2, -0.15) is 0 Å². The number of hydrogen-bond acceptors (Lipinski definition) is 5. The molecule has 0 bridgehead atoms. The minimum Gasteiger partial charge on any atom is -0.493 e. The van der Waals surface area contributed by atoms with E-state index in [9.17, 15) is 4.79 Å². The van der Waals surface area contributed by atoms with Crippen molar-refractivity contribution in [3.8, 4) is 11.5 Å². The van der Waals surface area contributed by atoms with Crippen molar-refractivity contribution in [2.75, 3.05) is 31.7 Å². The third-order valence-corrected chi connectivity index (χ3v) is 4.66. The fraction of sp³-hybridized carbons (Fsp3) is 0.429. The summed E-state index contributed by atoms with van der Waals surface area (Å²) in [6, 6.07) is 11.3. The molecule has 1 aromatic heterocycles. The minimum absolute atomic E-state index is 0.0559. The van der Waals surface area contributed by atoms with Gasteiger partial charge in [0, 0.05) is 25.8 Å². The van der Waals surface area contributed by atoms with Gasteiger partial charge in [-0.25, -0.2) is 4.98 Å². The smallest absolute Gasteiger partial charge is 0.258 e. The maximum atomic E-state index is 12.0. The van der Waals surface area contributed by atoms with E-state index in [0.29, 0.717) is 18.0 Å². The zero-order valence-corrected chi connectivity index (χ0v) is 15.8. The second kappa shape index (κ2) is 9.80. The molecule has 0 saturated carbocycles. The van der Waals surface area contributed by atoms with E-state index < -0.39 is 0 Å². The van der Waals surface area contributed by atoms with Gasteiger partial charge in [0.15, 0.2) is 18.1 Å².